The molecule has 10 heteroatoms. The lowest BCUT2D eigenvalue weighted by atomic mass is 10.1. The first-order valence-electron chi connectivity index (χ1n) is 9.91. The molecule has 0 saturated carbocycles. The SMILES string of the molecule is C=C/C(Cl)=C(\C(Cl)=C(/C)F)[C@@H](C)Oc1cc(-c2cn(C3CCNCC3)nn2)cnc1N. The first kappa shape index (κ1) is 23.2. The summed E-state index contributed by atoms with van der Waals surface area (Å²) in [5.41, 5.74) is 7.62. The second-order valence-electron chi connectivity index (χ2n) is 7.25. The molecular weight excluding hydrogens is 442 g/mol. The molecule has 3 rings (SSSR count). The number of nitrogen functional groups attached to an aromatic ring is 1. The van der Waals surface area contributed by atoms with Crippen molar-refractivity contribution in [1.29, 1.82) is 0 Å². The third-order valence-corrected chi connectivity index (χ3v) is 5.88. The molecule has 3 heterocycles. The lowest BCUT2D eigenvalue weighted by molar-refractivity contribution is 0.260. The Kier molecular flexibility index (Phi) is 7.69. The summed E-state index contributed by atoms with van der Waals surface area (Å²) in [6.45, 7) is 8.46. The standard InChI is InChI=1S/C21H25Cl2FN6O/c1-4-16(22)19(20(23)12(2)24)13(3)31-18-9-14(10-27-21(18)25)17-11-30(29-28-17)15-5-7-26-8-6-15/h4,9-11,13,15,26H,1,5-8H2,2-3H3,(H2,25,27)/b19-16+,20-12-/t13-/m1/s1. The molecule has 0 aromatic carbocycles. The van der Waals surface area contributed by atoms with Gasteiger partial charge in [-0.15, -0.1) is 5.10 Å². The number of ether oxygens (including phenoxy) is 1. The molecule has 1 saturated heterocycles. The van der Waals surface area contributed by atoms with E-state index in [-0.39, 0.29) is 21.5 Å². The number of rotatable bonds is 7. The molecule has 0 radical (unpaired) electrons. The Morgan fingerprint density at radius 3 is 2.77 bits per heavy atom. The van der Waals surface area contributed by atoms with Gasteiger partial charge in [0.2, 0.25) is 0 Å². The number of hydrogen-bond acceptors (Lipinski definition) is 6. The molecule has 31 heavy (non-hydrogen) atoms. The highest BCUT2D eigenvalue weighted by Gasteiger charge is 2.22. The van der Waals surface area contributed by atoms with Crippen LogP contribution in [0.3, 0.4) is 0 Å². The van der Waals surface area contributed by atoms with Crippen molar-refractivity contribution in [3.05, 3.63) is 52.6 Å². The molecule has 0 unspecified atom stereocenters. The Morgan fingerprint density at radius 2 is 2.13 bits per heavy atom. The zero-order valence-corrected chi connectivity index (χ0v) is 18.9. The Hall–Kier alpha value is -2.42. The molecule has 1 aliphatic heterocycles. The summed E-state index contributed by atoms with van der Waals surface area (Å²) in [7, 11) is 0. The van der Waals surface area contributed by atoms with Gasteiger partial charge in [-0.1, -0.05) is 41.1 Å². The Bertz CT molecular complexity index is 1010. The van der Waals surface area contributed by atoms with Gasteiger partial charge in [-0.05, 0) is 45.8 Å². The number of nitrogens with two attached hydrogens (primary N) is 1. The second-order valence-corrected chi connectivity index (χ2v) is 8.03. The third kappa shape index (κ3) is 5.44. The number of piperidine rings is 1. The number of aromatic nitrogens is 4. The molecule has 3 N–H and O–H groups in total. The molecule has 1 fully saturated rings. The van der Waals surface area contributed by atoms with Gasteiger partial charge in [-0.3, -0.25) is 0 Å². The van der Waals surface area contributed by atoms with Crippen LogP contribution in [0.15, 0.2) is 52.6 Å². The van der Waals surface area contributed by atoms with Gasteiger partial charge in [0, 0.05) is 22.4 Å². The van der Waals surface area contributed by atoms with E-state index in [1.165, 1.54) is 13.0 Å². The Labute approximate surface area is 190 Å². The van der Waals surface area contributed by atoms with E-state index in [0.717, 1.165) is 25.9 Å². The predicted molar refractivity (Wildman–Crippen MR) is 122 cm³/mol. The van der Waals surface area contributed by atoms with E-state index in [1.54, 1.807) is 19.2 Å². The highest BCUT2D eigenvalue weighted by atomic mass is 35.5. The van der Waals surface area contributed by atoms with Gasteiger partial charge in [0.25, 0.3) is 0 Å². The fourth-order valence-corrected chi connectivity index (χ4v) is 3.92. The molecule has 1 atom stereocenters. The number of halogens is 3. The van der Waals surface area contributed by atoms with E-state index >= 15 is 0 Å². The molecule has 7 nitrogen and oxygen atoms in total. The maximum atomic E-state index is 13.8. The molecule has 0 spiro atoms. The fourth-order valence-electron chi connectivity index (χ4n) is 3.37. The van der Waals surface area contributed by atoms with Crippen LogP contribution in [0.2, 0.25) is 0 Å². The summed E-state index contributed by atoms with van der Waals surface area (Å²) in [4.78, 5) is 4.21. The molecule has 0 amide bonds. The Balaban J connectivity index is 1.87. The van der Waals surface area contributed by atoms with Crippen molar-refractivity contribution in [2.24, 2.45) is 0 Å². The van der Waals surface area contributed by atoms with Gasteiger partial charge >= 0.3 is 0 Å². The zero-order chi connectivity index (χ0) is 22.5. The van der Waals surface area contributed by atoms with Crippen LogP contribution in [0.4, 0.5) is 10.2 Å². The molecule has 0 bridgehead atoms. The number of nitrogens with one attached hydrogen (secondary N) is 1. The van der Waals surface area contributed by atoms with Crippen LogP contribution in [0.5, 0.6) is 5.75 Å². The molecule has 0 aliphatic carbocycles. The minimum atomic E-state index is -0.714. The van der Waals surface area contributed by atoms with E-state index < -0.39 is 11.9 Å². The summed E-state index contributed by atoms with van der Waals surface area (Å²) in [6, 6.07) is 2.03. The minimum absolute atomic E-state index is 0.134. The first-order valence-corrected chi connectivity index (χ1v) is 10.7. The van der Waals surface area contributed by atoms with Crippen LogP contribution in [0, 0.1) is 0 Å². The maximum Gasteiger partial charge on any atom is 0.166 e. The van der Waals surface area contributed by atoms with Gasteiger partial charge in [-0.2, -0.15) is 0 Å². The topological polar surface area (TPSA) is 90.9 Å². The molecule has 1 aliphatic rings. The smallest absolute Gasteiger partial charge is 0.166 e. The van der Waals surface area contributed by atoms with E-state index in [0.29, 0.717) is 23.0 Å². The van der Waals surface area contributed by atoms with E-state index in [4.69, 9.17) is 33.7 Å². The number of allylic oxidation sites excluding steroid dienone is 3. The largest absolute Gasteiger partial charge is 0.482 e. The number of nitrogens with zero attached hydrogens (tertiary/aromatic N) is 4. The Morgan fingerprint density at radius 1 is 1.42 bits per heavy atom. The average Bonchev–Trinajstić information content (AvgIpc) is 3.26. The zero-order valence-electron chi connectivity index (χ0n) is 17.4. The summed E-state index contributed by atoms with van der Waals surface area (Å²) in [5, 5.41) is 11.9. The van der Waals surface area contributed by atoms with E-state index in [9.17, 15) is 4.39 Å². The van der Waals surface area contributed by atoms with Crippen LogP contribution in [0.1, 0.15) is 32.7 Å². The molecular formula is C21H25Cl2FN6O. The van der Waals surface area contributed by atoms with Gasteiger partial charge in [0.15, 0.2) is 11.6 Å². The monoisotopic (exact) mass is 466 g/mol. The molecule has 2 aromatic heterocycles. The van der Waals surface area contributed by atoms with Crippen LogP contribution in [-0.2, 0) is 0 Å². The van der Waals surface area contributed by atoms with Gasteiger partial charge in [0.1, 0.15) is 17.6 Å². The van der Waals surface area contributed by atoms with Crippen LogP contribution in [0.25, 0.3) is 11.3 Å². The fraction of sp³-hybridized carbons (Fsp3) is 0.381. The average molecular weight is 467 g/mol. The second kappa shape index (κ2) is 10.3. The summed E-state index contributed by atoms with van der Waals surface area (Å²) < 4.78 is 21.6. The first-order chi connectivity index (χ1) is 14.8. The number of hydrogen-bond donors (Lipinski definition) is 2. The normalized spacial score (nSPS) is 17.6. The van der Waals surface area contributed by atoms with Crippen LogP contribution >= 0.6 is 23.2 Å². The highest BCUT2D eigenvalue weighted by molar-refractivity contribution is 6.36. The maximum absolute atomic E-state index is 13.8. The van der Waals surface area contributed by atoms with Crippen molar-refractivity contribution in [2.75, 3.05) is 18.8 Å². The number of anilines is 1. The summed E-state index contributed by atoms with van der Waals surface area (Å²) in [5.74, 6) is -0.109. The summed E-state index contributed by atoms with van der Waals surface area (Å²) >= 11 is 12.3. The van der Waals surface area contributed by atoms with Crippen molar-refractivity contribution in [3.63, 3.8) is 0 Å². The minimum Gasteiger partial charge on any atom is -0.482 e. The van der Waals surface area contributed by atoms with Crippen molar-refractivity contribution in [1.82, 2.24) is 25.3 Å². The van der Waals surface area contributed by atoms with Gasteiger partial charge in [-0.25, -0.2) is 14.1 Å². The van der Waals surface area contributed by atoms with Crippen molar-refractivity contribution < 1.29 is 9.13 Å². The van der Waals surface area contributed by atoms with Gasteiger partial charge < -0.3 is 15.8 Å². The highest BCUT2D eigenvalue weighted by Crippen LogP contribution is 2.33. The van der Waals surface area contributed by atoms with E-state index in [1.807, 2.05) is 10.9 Å². The van der Waals surface area contributed by atoms with Crippen molar-refractivity contribution >= 4 is 29.0 Å². The third-order valence-electron chi connectivity index (χ3n) is 5.06. The van der Waals surface area contributed by atoms with Crippen molar-refractivity contribution in [3.8, 4) is 17.0 Å². The lowest BCUT2D eigenvalue weighted by Crippen LogP contribution is -2.29. The quantitative estimate of drug-likeness (QED) is 0.572. The number of pyridine rings is 1. The van der Waals surface area contributed by atoms with Crippen molar-refractivity contribution in [2.45, 2.75) is 38.8 Å². The molecule has 166 valence electrons. The lowest BCUT2D eigenvalue weighted by Gasteiger charge is -2.22. The van der Waals surface area contributed by atoms with E-state index in [2.05, 4.69) is 27.2 Å². The van der Waals surface area contributed by atoms with Crippen LogP contribution < -0.4 is 15.8 Å². The predicted octanol–water partition coefficient (Wildman–Crippen LogP) is 4.73. The van der Waals surface area contributed by atoms with Gasteiger partial charge in [0.05, 0.1) is 17.3 Å². The van der Waals surface area contributed by atoms with Crippen LogP contribution in [-0.4, -0.2) is 39.2 Å². The molecule has 2 aromatic rings. The summed E-state index contributed by atoms with van der Waals surface area (Å²) in [6.07, 6.45) is 6.15.